The molecule has 184 valence electrons. The molecule has 2 aliphatic carbocycles. The smallest absolute Gasteiger partial charge is 0.199 e. The van der Waals surface area contributed by atoms with Gasteiger partial charge in [0.15, 0.2) is 11.6 Å². The molecule has 7 nitrogen and oxygen atoms in total. The number of rotatable bonds is 4. The highest BCUT2D eigenvalue weighted by Crippen LogP contribution is 2.69. The molecule has 3 heterocycles. The molecule has 2 aliphatic rings. The number of aliphatic hydroxyl groups is 1. The van der Waals surface area contributed by atoms with Crippen LogP contribution in [0.25, 0.3) is 22.8 Å². The van der Waals surface area contributed by atoms with E-state index in [1.165, 1.54) is 18.2 Å². The third-order valence-electron chi connectivity index (χ3n) is 8.08. The molecule has 2 atom stereocenters. The predicted octanol–water partition coefficient (Wildman–Crippen LogP) is 5.03. The number of aromatic nitrogens is 6. The van der Waals surface area contributed by atoms with E-state index in [0.29, 0.717) is 17.3 Å². The maximum absolute atomic E-state index is 14.5. The number of nitrogens with one attached hydrogen (secondary N) is 1. The number of pyridine rings is 1. The first-order chi connectivity index (χ1) is 17.0. The van der Waals surface area contributed by atoms with E-state index in [-0.39, 0.29) is 22.6 Å². The standard InChI is InChI=1S/C27H26F2N6O/c1-25(2)15-11-12-27(25,20-10-6-9-18(30-20)23-31-24(35-34-23)26(3,4)36)22-14(15)13-19(32-33-22)21-16(28)7-5-8-17(21)29/h5-10,13,15,36H,11-12H2,1-4H3,(H,31,34,35)/t15-,27+/m0/s1. The largest absolute Gasteiger partial charge is 0.382 e. The molecular weight excluding hydrogens is 462 g/mol. The van der Waals surface area contributed by atoms with Gasteiger partial charge in [0.25, 0.3) is 0 Å². The number of H-pyrrole nitrogens is 1. The summed E-state index contributed by atoms with van der Waals surface area (Å²) in [6.07, 6.45) is 1.74. The summed E-state index contributed by atoms with van der Waals surface area (Å²) in [7, 11) is 0. The third kappa shape index (κ3) is 3.01. The van der Waals surface area contributed by atoms with Crippen molar-refractivity contribution in [3.63, 3.8) is 0 Å². The van der Waals surface area contributed by atoms with Gasteiger partial charge in [-0.3, -0.25) is 5.10 Å². The Morgan fingerprint density at radius 3 is 2.42 bits per heavy atom. The lowest BCUT2D eigenvalue weighted by Gasteiger charge is -2.37. The highest BCUT2D eigenvalue weighted by atomic mass is 19.1. The van der Waals surface area contributed by atoms with Crippen molar-refractivity contribution < 1.29 is 13.9 Å². The van der Waals surface area contributed by atoms with E-state index in [9.17, 15) is 13.9 Å². The zero-order valence-electron chi connectivity index (χ0n) is 20.5. The van der Waals surface area contributed by atoms with Gasteiger partial charge in [-0.25, -0.2) is 18.7 Å². The fourth-order valence-corrected chi connectivity index (χ4v) is 6.20. The van der Waals surface area contributed by atoms with Crippen molar-refractivity contribution in [2.45, 2.75) is 57.5 Å². The number of benzene rings is 1. The monoisotopic (exact) mass is 488 g/mol. The number of aromatic amines is 1. The average molecular weight is 489 g/mol. The van der Waals surface area contributed by atoms with E-state index in [4.69, 9.17) is 4.98 Å². The molecule has 9 heteroatoms. The van der Waals surface area contributed by atoms with Crippen LogP contribution in [0.15, 0.2) is 42.5 Å². The Labute approximate surface area is 207 Å². The first kappa shape index (κ1) is 22.8. The van der Waals surface area contributed by atoms with Crippen molar-refractivity contribution in [2.75, 3.05) is 0 Å². The van der Waals surface area contributed by atoms with E-state index in [2.05, 4.69) is 39.2 Å². The second-order valence-corrected chi connectivity index (χ2v) is 10.8. The van der Waals surface area contributed by atoms with Crippen LogP contribution in [0.1, 0.15) is 69.2 Å². The van der Waals surface area contributed by atoms with Crippen LogP contribution in [0.2, 0.25) is 0 Å². The van der Waals surface area contributed by atoms with Gasteiger partial charge in [-0.1, -0.05) is 26.0 Å². The SMILES string of the molecule is CC(C)(O)c1nc(-c2cccc([C@]34CC[C@@H](c5cc(-c6c(F)cccc6F)nnc53)C4(C)C)n2)n[nH]1. The van der Waals surface area contributed by atoms with Gasteiger partial charge in [0.2, 0.25) is 0 Å². The van der Waals surface area contributed by atoms with Gasteiger partial charge in [-0.15, -0.1) is 5.10 Å². The molecule has 0 aliphatic heterocycles. The van der Waals surface area contributed by atoms with E-state index in [1.807, 2.05) is 18.2 Å². The van der Waals surface area contributed by atoms with Crippen LogP contribution in [0.4, 0.5) is 8.78 Å². The quantitative estimate of drug-likeness (QED) is 0.418. The molecule has 0 spiro atoms. The van der Waals surface area contributed by atoms with Crippen LogP contribution in [-0.4, -0.2) is 35.5 Å². The van der Waals surface area contributed by atoms with Gasteiger partial charge in [0.1, 0.15) is 22.9 Å². The molecule has 0 radical (unpaired) electrons. The van der Waals surface area contributed by atoms with Crippen molar-refractivity contribution in [1.29, 1.82) is 0 Å². The first-order valence-electron chi connectivity index (χ1n) is 12.0. The Kier molecular flexibility index (Phi) is 4.73. The lowest BCUT2D eigenvalue weighted by atomic mass is 9.66. The van der Waals surface area contributed by atoms with Crippen LogP contribution in [-0.2, 0) is 11.0 Å². The van der Waals surface area contributed by atoms with Crippen LogP contribution in [0.3, 0.4) is 0 Å². The maximum atomic E-state index is 14.5. The zero-order valence-corrected chi connectivity index (χ0v) is 20.5. The Hall–Kier alpha value is -3.59. The van der Waals surface area contributed by atoms with Gasteiger partial charge in [-0.05, 0) is 73.9 Å². The highest BCUT2D eigenvalue weighted by molar-refractivity contribution is 5.64. The average Bonchev–Trinajstić information content (AvgIpc) is 3.48. The fraction of sp³-hybridized carbons (Fsp3) is 0.370. The summed E-state index contributed by atoms with van der Waals surface area (Å²) in [5.41, 5.74) is 1.31. The molecule has 36 heavy (non-hydrogen) atoms. The van der Waals surface area contributed by atoms with E-state index in [1.54, 1.807) is 19.9 Å². The topological polar surface area (TPSA) is 100 Å². The van der Waals surface area contributed by atoms with Gasteiger partial charge >= 0.3 is 0 Å². The van der Waals surface area contributed by atoms with E-state index >= 15 is 0 Å². The number of nitrogens with zero attached hydrogens (tertiary/aromatic N) is 5. The van der Waals surface area contributed by atoms with Crippen molar-refractivity contribution >= 4 is 0 Å². The van der Waals surface area contributed by atoms with Crippen molar-refractivity contribution in [2.24, 2.45) is 5.41 Å². The molecule has 1 saturated carbocycles. The Balaban J connectivity index is 1.48. The molecule has 2 N–H and O–H groups in total. The summed E-state index contributed by atoms with van der Waals surface area (Å²) in [6, 6.07) is 11.3. The minimum Gasteiger partial charge on any atom is -0.382 e. The van der Waals surface area contributed by atoms with E-state index < -0.39 is 22.7 Å². The molecule has 1 aromatic carbocycles. The minimum absolute atomic E-state index is 0.146. The Bertz CT molecular complexity index is 1490. The van der Waals surface area contributed by atoms with Gasteiger partial charge < -0.3 is 5.11 Å². The molecule has 0 saturated heterocycles. The summed E-state index contributed by atoms with van der Waals surface area (Å²) in [5, 5.41) is 26.2. The van der Waals surface area contributed by atoms with Crippen LogP contribution < -0.4 is 0 Å². The number of hydrogen-bond donors (Lipinski definition) is 2. The summed E-state index contributed by atoms with van der Waals surface area (Å²) in [4.78, 5) is 9.42. The second-order valence-electron chi connectivity index (χ2n) is 10.8. The van der Waals surface area contributed by atoms with Crippen molar-refractivity contribution in [3.05, 3.63) is 76.9 Å². The number of halogens is 2. The lowest BCUT2D eigenvalue weighted by Crippen LogP contribution is -2.37. The summed E-state index contributed by atoms with van der Waals surface area (Å²) in [6.45, 7) is 7.67. The summed E-state index contributed by atoms with van der Waals surface area (Å²) >= 11 is 0. The molecule has 3 aromatic heterocycles. The van der Waals surface area contributed by atoms with Crippen LogP contribution >= 0.6 is 0 Å². The molecule has 4 aromatic rings. The minimum atomic E-state index is -1.16. The van der Waals surface area contributed by atoms with Crippen molar-refractivity contribution in [1.82, 2.24) is 30.4 Å². The highest BCUT2D eigenvalue weighted by Gasteiger charge is 2.65. The number of fused-ring (bicyclic) bond motifs is 5. The molecule has 6 rings (SSSR count). The van der Waals surface area contributed by atoms with Gasteiger partial charge in [-0.2, -0.15) is 10.2 Å². The van der Waals surface area contributed by atoms with Crippen molar-refractivity contribution in [3.8, 4) is 22.8 Å². The summed E-state index contributed by atoms with van der Waals surface area (Å²) in [5.74, 6) is -0.422. The second kappa shape index (κ2) is 7.46. The first-order valence-corrected chi connectivity index (χ1v) is 12.0. The fourth-order valence-electron chi connectivity index (χ4n) is 6.20. The third-order valence-corrected chi connectivity index (χ3v) is 8.08. The molecule has 0 unspecified atom stereocenters. The zero-order chi connectivity index (χ0) is 25.5. The molecular formula is C27H26F2N6O. The number of hydrogen-bond acceptors (Lipinski definition) is 6. The predicted molar refractivity (Wildman–Crippen MR) is 129 cm³/mol. The molecule has 1 fully saturated rings. The lowest BCUT2D eigenvalue weighted by molar-refractivity contribution is 0.0692. The van der Waals surface area contributed by atoms with Gasteiger partial charge in [0.05, 0.1) is 28.1 Å². The Morgan fingerprint density at radius 2 is 1.72 bits per heavy atom. The van der Waals surface area contributed by atoms with Gasteiger partial charge in [0, 0.05) is 0 Å². The molecule has 2 bridgehead atoms. The van der Waals surface area contributed by atoms with Crippen LogP contribution in [0, 0.1) is 17.0 Å². The normalized spacial score (nSPS) is 22.1. The Morgan fingerprint density at radius 1 is 1.00 bits per heavy atom. The van der Waals surface area contributed by atoms with E-state index in [0.717, 1.165) is 29.8 Å². The maximum Gasteiger partial charge on any atom is 0.199 e. The van der Waals surface area contributed by atoms with Crippen LogP contribution in [0.5, 0.6) is 0 Å². The summed E-state index contributed by atoms with van der Waals surface area (Å²) < 4.78 is 29.0. The molecule has 0 amide bonds.